The molecule has 0 aliphatic heterocycles. The molecule has 0 bridgehead atoms. The van der Waals surface area contributed by atoms with E-state index in [1.54, 1.807) is 24.3 Å². The van der Waals surface area contributed by atoms with Gasteiger partial charge in [0, 0.05) is 12.5 Å². The Balaban J connectivity index is 1.85. The highest BCUT2D eigenvalue weighted by Gasteiger charge is 2.08. The van der Waals surface area contributed by atoms with Crippen molar-refractivity contribution in [3.8, 4) is 11.5 Å². The van der Waals surface area contributed by atoms with Crippen molar-refractivity contribution in [1.29, 1.82) is 0 Å². The van der Waals surface area contributed by atoms with Gasteiger partial charge in [0.25, 0.3) is 5.56 Å². The van der Waals surface area contributed by atoms with Gasteiger partial charge in [0.2, 0.25) is 0 Å². The first-order valence-corrected chi connectivity index (χ1v) is 7.63. The Hall–Kier alpha value is -2.30. The number of benzene rings is 2. The molecule has 0 unspecified atom stereocenters. The fourth-order valence-corrected chi connectivity index (χ4v) is 2.39. The number of nitrogens with zero attached hydrogens (tertiary/aromatic N) is 1. The van der Waals surface area contributed by atoms with Gasteiger partial charge in [0.15, 0.2) is 0 Å². The highest BCUT2D eigenvalue weighted by Crippen LogP contribution is 2.34. The zero-order valence-electron chi connectivity index (χ0n) is 11.9. The third kappa shape index (κ3) is 3.92. The number of hydrogen-bond acceptors (Lipinski definition) is 3. The molecule has 0 aliphatic carbocycles. The molecule has 1 heterocycles. The van der Waals surface area contributed by atoms with Crippen LogP contribution in [-0.2, 0) is 6.42 Å². The number of hydrogen-bond donors (Lipinski definition) is 1. The summed E-state index contributed by atoms with van der Waals surface area (Å²) in [6, 6.07) is 15.8. The molecule has 0 radical (unpaired) electrons. The van der Waals surface area contributed by atoms with Gasteiger partial charge in [-0.1, -0.05) is 41.4 Å². The number of aromatic amines is 1. The van der Waals surface area contributed by atoms with E-state index in [4.69, 9.17) is 27.9 Å². The molecular weight excluding hydrogens is 335 g/mol. The van der Waals surface area contributed by atoms with Gasteiger partial charge in [0.05, 0.1) is 15.7 Å². The number of ether oxygens (including phenoxy) is 1. The van der Waals surface area contributed by atoms with Crippen molar-refractivity contribution in [2.75, 3.05) is 0 Å². The molecular formula is C17H12Cl2N2O2. The lowest BCUT2D eigenvalue weighted by atomic mass is 10.1. The number of H-pyrrole nitrogens is 1. The lowest BCUT2D eigenvalue weighted by molar-refractivity contribution is 0.482. The molecule has 4 nitrogen and oxygen atoms in total. The van der Waals surface area contributed by atoms with E-state index in [0.717, 1.165) is 11.3 Å². The molecule has 3 aromatic rings. The highest BCUT2D eigenvalue weighted by molar-refractivity contribution is 6.32. The van der Waals surface area contributed by atoms with E-state index in [1.807, 2.05) is 24.3 Å². The summed E-state index contributed by atoms with van der Waals surface area (Å²) in [5.41, 5.74) is 1.47. The largest absolute Gasteiger partial charge is 0.454 e. The third-order valence-electron chi connectivity index (χ3n) is 3.17. The highest BCUT2D eigenvalue weighted by atomic mass is 35.5. The van der Waals surface area contributed by atoms with E-state index in [1.165, 1.54) is 6.07 Å². The average molecular weight is 347 g/mol. The fraction of sp³-hybridized carbons (Fsp3) is 0.0588. The summed E-state index contributed by atoms with van der Waals surface area (Å²) in [4.78, 5) is 11.0. The maximum atomic E-state index is 11.0. The molecule has 3 rings (SSSR count). The van der Waals surface area contributed by atoms with Crippen molar-refractivity contribution < 1.29 is 4.74 Å². The molecule has 116 valence electrons. The van der Waals surface area contributed by atoms with Crippen molar-refractivity contribution in [2.24, 2.45) is 0 Å². The summed E-state index contributed by atoms with van der Waals surface area (Å²) in [6.07, 6.45) is 0.548. The van der Waals surface area contributed by atoms with Gasteiger partial charge in [-0.05, 0) is 35.9 Å². The van der Waals surface area contributed by atoms with Crippen LogP contribution in [0.2, 0.25) is 10.0 Å². The van der Waals surface area contributed by atoms with Crippen LogP contribution in [0.3, 0.4) is 0 Å². The molecule has 23 heavy (non-hydrogen) atoms. The standard InChI is InChI=1S/C17H12Cl2N2O2/c18-13-3-1-2-4-15(13)23-16-10-11(5-7-14(16)19)9-12-6-8-17(22)21-20-12/h1-8,10H,9H2,(H,21,22). The second-order valence-electron chi connectivity index (χ2n) is 4.89. The summed E-state index contributed by atoms with van der Waals surface area (Å²) >= 11 is 12.3. The summed E-state index contributed by atoms with van der Waals surface area (Å²) in [5, 5.41) is 7.40. The van der Waals surface area contributed by atoms with E-state index in [9.17, 15) is 4.79 Å². The maximum absolute atomic E-state index is 11.0. The van der Waals surface area contributed by atoms with Crippen LogP contribution < -0.4 is 10.3 Å². The number of aromatic nitrogens is 2. The van der Waals surface area contributed by atoms with Crippen molar-refractivity contribution in [1.82, 2.24) is 10.2 Å². The van der Waals surface area contributed by atoms with Gasteiger partial charge in [-0.3, -0.25) is 4.79 Å². The Bertz CT molecular complexity index is 873. The summed E-state index contributed by atoms with van der Waals surface area (Å²) < 4.78 is 5.80. The van der Waals surface area contributed by atoms with E-state index in [0.29, 0.717) is 28.0 Å². The van der Waals surface area contributed by atoms with Crippen molar-refractivity contribution in [3.63, 3.8) is 0 Å². The van der Waals surface area contributed by atoms with Crippen LogP contribution in [0.25, 0.3) is 0 Å². The second kappa shape index (κ2) is 6.86. The number of nitrogens with one attached hydrogen (secondary N) is 1. The number of rotatable bonds is 4. The molecule has 6 heteroatoms. The molecule has 0 saturated carbocycles. The zero-order valence-corrected chi connectivity index (χ0v) is 13.4. The van der Waals surface area contributed by atoms with Gasteiger partial charge in [0.1, 0.15) is 11.5 Å². The molecule has 0 fully saturated rings. The van der Waals surface area contributed by atoms with E-state index in [-0.39, 0.29) is 5.56 Å². The van der Waals surface area contributed by atoms with Crippen LogP contribution in [0, 0.1) is 0 Å². The SMILES string of the molecule is O=c1ccc(Cc2ccc(Cl)c(Oc3ccccc3Cl)c2)n[nH]1. The van der Waals surface area contributed by atoms with Crippen LogP contribution in [0.1, 0.15) is 11.3 Å². The van der Waals surface area contributed by atoms with Gasteiger partial charge in [-0.15, -0.1) is 0 Å². The van der Waals surface area contributed by atoms with Crippen LogP contribution >= 0.6 is 23.2 Å². The van der Waals surface area contributed by atoms with Gasteiger partial charge in [-0.25, -0.2) is 5.10 Å². The van der Waals surface area contributed by atoms with E-state index in [2.05, 4.69) is 10.2 Å². The molecule has 0 amide bonds. The molecule has 1 N–H and O–H groups in total. The smallest absolute Gasteiger partial charge is 0.264 e. The van der Waals surface area contributed by atoms with Gasteiger partial charge < -0.3 is 4.74 Å². The first kappa shape index (κ1) is 15.6. The summed E-state index contributed by atoms with van der Waals surface area (Å²) in [7, 11) is 0. The first-order valence-electron chi connectivity index (χ1n) is 6.87. The summed E-state index contributed by atoms with van der Waals surface area (Å²) in [6.45, 7) is 0. The molecule has 0 spiro atoms. The Kier molecular flexibility index (Phi) is 4.65. The van der Waals surface area contributed by atoms with Gasteiger partial charge >= 0.3 is 0 Å². The number of halogens is 2. The Morgan fingerprint density at radius 2 is 1.74 bits per heavy atom. The minimum Gasteiger partial charge on any atom is -0.454 e. The topological polar surface area (TPSA) is 55.0 Å². The Morgan fingerprint density at radius 1 is 0.957 bits per heavy atom. The number of para-hydroxylation sites is 1. The first-order chi connectivity index (χ1) is 11.1. The third-order valence-corrected chi connectivity index (χ3v) is 3.80. The molecule has 0 saturated heterocycles. The van der Waals surface area contributed by atoms with Crippen LogP contribution in [0.5, 0.6) is 11.5 Å². The van der Waals surface area contributed by atoms with Crippen LogP contribution in [-0.4, -0.2) is 10.2 Å². The van der Waals surface area contributed by atoms with Crippen LogP contribution in [0.4, 0.5) is 0 Å². The predicted octanol–water partition coefficient (Wildman–Crippen LogP) is 4.46. The second-order valence-corrected chi connectivity index (χ2v) is 5.70. The quantitative estimate of drug-likeness (QED) is 0.758. The van der Waals surface area contributed by atoms with Crippen molar-refractivity contribution in [3.05, 3.63) is 86.3 Å². The monoisotopic (exact) mass is 346 g/mol. The minimum absolute atomic E-state index is 0.229. The van der Waals surface area contributed by atoms with E-state index < -0.39 is 0 Å². The molecule has 2 aromatic carbocycles. The molecule has 0 atom stereocenters. The van der Waals surface area contributed by atoms with Crippen LogP contribution in [0.15, 0.2) is 59.4 Å². The minimum atomic E-state index is -0.229. The van der Waals surface area contributed by atoms with E-state index >= 15 is 0 Å². The Morgan fingerprint density at radius 3 is 2.48 bits per heavy atom. The fourth-order valence-electron chi connectivity index (χ4n) is 2.06. The average Bonchev–Trinajstić information content (AvgIpc) is 2.55. The van der Waals surface area contributed by atoms with Crippen molar-refractivity contribution >= 4 is 23.2 Å². The molecule has 0 aliphatic rings. The Labute approximate surface area is 142 Å². The lowest BCUT2D eigenvalue weighted by Crippen LogP contribution is -2.07. The maximum Gasteiger partial charge on any atom is 0.264 e. The normalized spacial score (nSPS) is 10.5. The van der Waals surface area contributed by atoms with Gasteiger partial charge in [-0.2, -0.15) is 5.10 Å². The predicted molar refractivity (Wildman–Crippen MR) is 90.6 cm³/mol. The zero-order chi connectivity index (χ0) is 16.2. The molecule has 1 aromatic heterocycles. The van der Waals surface area contributed by atoms with Crippen molar-refractivity contribution in [2.45, 2.75) is 6.42 Å². The lowest BCUT2D eigenvalue weighted by Gasteiger charge is -2.10. The summed E-state index contributed by atoms with van der Waals surface area (Å²) in [5.74, 6) is 1.05.